The van der Waals surface area contributed by atoms with Crippen LogP contribution in [0.5, 0.6) is 0 Å². The van der Waals surface area contributed by atoms with E-state index in [0.717, 1.165) is 0 Å². The summed E-state index contributed by atoms with van der Waals surface area (Å²) >= 11 is 0.544. The van der Waals surface area contributed by atoms with E-state index in [2.05, 4.69) is 15.1 Å². The van der Waals surface area contributed by atoms with Crippen molar-refractivity contribution in [2.45, 2.75) is 19.0 Å². The number of hydrogen-bond acceptors (Lipinski definition) is 7. The van der Waals surface area contributed by atoms with Gasteiger partial charge >= 0.3 is 25.0 Å². The first-order valence-corrected chi connectivity index (χ1v) is 7.26. The number of nitrogens with zero attached hydrogens (tertiary/aromatic N) is 4. The van der Waals surface area contributed by atoms with Crippen molar-refractivity contribution in [1.29, 1.82) is 0 Å². The molecule has 0 spiro atoms. The molecule has 1 saturated heterocycles. The average molecular weight is 330 g/mol. The molecule has 11 heteroatoms. The van der Waals surface area contributed by atoms with Gasteiger partial charge in [-0.15, -0.1) is 10.2 Å². The Bertz CT molecular complexity index is 492. The minimum Gasteiger partial charge on any atom is -0.550 e. The fraction of sp³-hybridized carbons (Fsp3) is 0.727. The normalized spacial score (nSPS) is 16.4. The number of aromatic nitrogens is 2. The standard InChI is InChI=1S/C11H15F3N4O2S.Li/c12-11(13,14)9-15-16-10(21-9)18-6-4-17(5-7-18)3-1-2-8(19)20;/h1-7H2,(H,19,20);/q;+1/p-1. The number of carboxylic acid groups (broad SMARTS) is 1. The zero-order valence-corrected chi connectivity index (χ0v) is 12.9. The van der Waals surface area contributed by atoms with Gasteiger partial charge in [0.25, 0.3) is 0 Å². The Morgan fingerprint density at radius 2 is 1.86 bits per heavy atom. The van der Waals surface area contributed by atoms with Gasteiger partial charge in [0.1, 0.15) is 0 Å². The van der Waals surface area contributed by atoms with E-state index in [1.165, 1.54) is 0 Å². The zero-order chi connectivity index (χ0) is 15.5. The van der Waals surface area contributed by atoms with Crippen LogP contribution in [0.25, 0.3) is 0 Å². The molecule has 6 nitrogen and oxygen atoms in total. The molecular formula is C11H14F3LiN4O2S. The summed E-state index contributed by atoms with van der Waals surface area (Å²) in [5.41, 5.74) is 0. The Kier molecular flexibility index (Phi) is 7.12. The van der Waals surface area contributed by atoms with Crippen molar-refractivity contribution in [3.05, 3.63) is 5.01 Å². The summed E-state index contributed by atoms with van der Waals surface area (Å²) in [6.07, 6.45) is -3.92. The SMILES string of the molecule is O=C([O-])CCCN1CCN(c2nnc(C(F)(F)F)s2)CC1.[Li+]. The predicted octanol–water partition coefficient (Wildman–Crippen LogP) is -2.79. The molecule has 2 rings (SSSR count). The van der Waals surface area contributed by atoms with Crippen LogP contribution in [0.15, 0.2) is 0 Å². The van der Waals surface area contributed by atoms with E-state index in [9.17, 15) is 23.1 Å². The second-order valence-electron chi connectivity index (χ2n) is 4.69. The van der Waals surface area contributed by atoms with Crippen LogP contribution in [-0.2, 0) is 11.0 Å². The number of rotatable bonds is 5. The number of carbonyl (C=O) groups is 1. The maximum Gasteiger partial charge on any atom is 1.00 e. The van der Waals surface area contributed by atoms with Crippen molar-refractivity contribution in [2.24, 2.45) is 0 Å². The summed E-state index contributed by atoms with van der Waals surface area (Å²) in [6, 6.07) is 0. The van der Waals surface area contributed by atoms with Gasteiger partial charge in [-0.3, -0.25) is 4.90 Å². The minimum absolute atomic E-state index is 0. The Morgan fingerprint density at radius 1 is 1.23 bits per heavy atom. The van der Waals surface area contributed by atoms with E-state index in [0.29, 0.717) is 50.5 Å². The largest absolute Gasteiger partial charge is 1.00 e. The second kappa shape index (κ2) is 8.15. The average Bonchev–Trinajstić information content (AvgIpc) is 2.88. The number of halogens is 3. The van der Waals surface area contributed by atoms with E-state index in [1.54, 1.807) is 4.90 Å². The van der Waals surface area contributed by atoms with Gasteiger partial charge in [-0.2, -0.15) is 13.2 Å². The molecule has 0 unspecified atom stereocenters. The van der Waals surface area contributed by atoms with Crippen LogP contribution in [0.1, 0.15) is 17.8 Å². The van der Waals surface area contributed by atoms with Gasteiger partial charge in [-0.25, -0.2) is 0 Å². The first-order valence-electron chi connectivity index (χ1n) is 6.44. The van der Waals surface area contributed by atoms with Crippen molar-refractivity contribution < 1.29 is 41.9 Å². The molecule has 1 aliphatic rings. The van der Waals surface area contributed by atoms with Gasteiger partial charge in [0.15, 0.2) is 0 Å². The fourth-order valence-electron chi connectivity index (χ4n) is 2.07. The van der Waals surface area contributed by atoms with Crippen LogP contribution in [0.4, 0.5) is 18.3 Å². The van der Waals surface area contributed by atoms with Gasteiger partial charge in [-0.1, -0.05) is 11.3 Å². The quantitative estimate of drug-likeness (QED) is 0.544. The first kappa shape index (κ1) is 19.2. The van der Waals surface area contributed by atoms with Crippen LogP contribution < -0.4 is 28.9 Å². The van der Waals surface area contributed by atoms with E-state index in [4.69, 9.17) is 0 Å². The number of carboxylic acids is 1. The van der Waals surface area contributed by atoms with E-state index in [1.807, 2.05) is 0 Å². The fourth-order valence-corrected chi connectivity index (χ4v) is 2.83. The molecule has 1 aliphatic heterocycles. The van der Waals surface area contributed by atoms with Crippen molar-refractivity contribution in [3.8, 4) is 0 Å². The summed E-state index contributed by atoms with van der Waals surface area (Å²) in [5.74, 6) is -1.07. The Labute approximate surface area is 141 Å². The third kappa shape index (κ3) is 5.42. The van der Waals surface area contributed by atoms with Crippen LogP contribution in [0.3, 0.4) is 0 Å². The molecule has 0 aliphatic carbocycles. The number of carbonyl (C=O) groups excluding carboxylic acids is 1. The first-order chi connectivity index (χ1) is 9.86. The molecule has 0 aromatic carbocycles. The molecule has 118 valence electrons. The maximum absolute atomic E-state index is 12.5. The smallest absolute Gasteiger partial charge is 0.550 e. The minimum atomic E-state index is -4.46. The van der Waals surface area contributed by atoms with Crippen molar-refractivity contribution in [2.75, 3.05) is 37.6 Å². The van der Waals surface area contributed by atoms with Crippen LogP contribution in [-0.4, -0.2) is 53.8 Å². The molecular weight excluding hydrogens is 316 g/mol. The van der Waals surface area contributed by atoms with E-state index < -0.39 is 17.2 Å². The number of alkyl halides is 3. The molecule has 1 aromatic heterocycles. The van der Waals surface area contributed by atoms with Crippen LogP contribution in [0, 0.1) is 0 Å². The monoisotopic (exact) mass is 330 g/mol. The second-order valence-corrected chi connectivity index (χ2v) is 5.65. The van der Waals surface area contributed by atoms with Gasteiger partial charge in [0.2, 0.25) is 10.1 Å². The summed E-state index contributed by atoms with van der Waals surface area (Å²) in [4.78, 5) is 14.2. The van der Waals surface area contributed by atoms with Crippen molar-refractivity contribution in [3.63, 3.8) is 0 Å². The molecule has 22 heavy (non-hydrogen) atoms. The molecule has 0 N–H and O–H groups in total. The number of piperazine rings is 1. The number of hydrogen-bond donors (Lipinski definition) is 0. The molecule has 1 fully saturated rings. The number of anilines is 1. The Morgan fingerprint density at radius 3 is 2.36 bits per heavy atom. The van der Waals surface area contributed by atoms with E-state index >= 15 is 0 Å². The molecule has 2 heterocycles. The molecule has 0 saturated carbocycles. The third-order valence-corrected chi connectivity index (χ3v) is 4.18. The summed E-state index contributed by atoms with van der Waals surface area (Å²) < 4.78 is 37.4. The number of aliphatic carboxylic acids is 1. The predicted molar refractivity (Wildman–Crippen MR) is 67.8 cm³/mol. The topological polar surface area (TPSA) is 72.4 Å². The third-order valence-electron chi connectivity index (χ3n) is 3.15. The molecule has 0 amide bonds. The molecule has 0 bridgehead atoms. The summed E-state index contributed by atoms with van der Waals surface area (Å²) in [5, 5.41) is 16.4. The maximum atomic E-state index is 12.5. The van der Waals surface area contributed by atoms with Gasteiger partial charge in [0.05, 0.1) is 0 Å². The van der Waals surface area contributed by atoms with Gasteiger partial charge in [-0.05, 0) is 19.4 Å². The molecule has 1 aromatic rings. The Balaban J connectivity index is 0.00000242. The van der Waals surface area contributed by atoms with E-state index in [-0.39, 0.29) is 30.4 Å². The van der Waals surface area contributed by atoms with Crippen LogP contribution >= 0.6 is 11.3 Å². The molecule has 0 radical (unpaired) electrons. The van der Waals surface area contributed by atoms with Crippen LogP contribution in [0.2, 0.25) is 0 Å². The van der Waals surface area contributed by atoms with Crippen molar-refractivity contribution in [1.82, 2.24) is 15.1 Å². The van der Waals surface area contributed by atoms with Gasteiger partial charge < -0.3 is 14.8 Å². The Hall–Kier alpha value is -0.823. The van der Waals surface area contributed by atoms with Crippen molar-refractivity contribution >= 4 is 22.4 Å². The molecule has 0 atom stereocenters. The van der Waals surface area contributed by atoms with Gasteiger partial charge in [0, 0.05) is 32.1 Å². The summed E-state index contributed by atoms with van der Waals surface area (Å²) in [7, 11) is 0. The zero-order valence-electron chi connectivity index (χ0n) is 12.1. The summed E-state index contributed by atoms with van der Waals surface area (Å²) in [6.45, 7) is 3.07.